The van der Waals surface area contributed by atoms with Crippen molar-refractivity contribution >= 4 is 35.1 Å². The molecule has 0 aromatic heterocycles. The summed E-state index contributed by atoms with van der Waals surface area (Å²) in [4.78, 5) is 11.4. The summed E-state index contributed by atoms with van der Waals surface area (Å²) in [5.74, 6) is 0.513. The lowest BCUT2D eigenvalue weighted by Gasteiger charge is -2.29. The molecular weight excluding hydrogens is 415 g/mol. The Kier molecular flexibility index (Phi) is 4.94. The minimum atomic E-state index is -0.341. The number of hydrogen-bond acceptors (Lipinski definition) is 3. The number of halogens is 1. The molecule has 3 nitrogen and oxygen atoms in total. The lowest BCUT2D eigenvalue weighted by molar-refractivity contribution is 0.0800. The monoisotopic (exact) mass is 434 g/mol. The predicted octanol–water partition coefficient (Wildman–Crippen LogP) is 5.47. The highest BCUT2D eigenvalue weighted by molar-refractivity contribution is 14.1. The molecule has 0 unspecified atom stereocenters. The molecule has 4 heteroatoms. The molecular formula is C20H19IO3. The zero-order valence-electron chi connectivity index (χ0n) is 13.7. The molecule has 2 aromatic carbocycles. The van der Waals surface area contributed by atoms with E-state index in [1.54, 1.807) is 35.1 Å². The Balaban J connectivity index is 1.69. The highest BCUT2D eigenvalue weighted by Crippen LogP contribution is 2.36. The Hall–Kier alpha value is -1.82. The van der Waals surface area contributed by atoms with Crippen molar-refractivity contribution in [2.45, 2.75) is 32.3 Å². The van der Waals surface area contributed by atoms with Gasteiger partial charge in [0.1, 0.15) is 12.4 Å². The highest BCUT2D eigenvalue weighted by atomic mass is 127. The van der Waals surface area contributed by atoms with Gasteiger partial charge in [0.05, 0.1) is 5.56 Å². The molecule has 0 radical (unpaired) electrons. The molecule has 0 heterocycles. The van der Waals surface area contributed by atoms with E-state index >= 15 is 0 Å². The van der Waals surface area contributed by atoms with Gasteiger partial charge in [-0.1, -0.05) is 44.2 Å². The van der Waals surface area contributed by atoms with Crippen molar-refractivity contribution in [1.29, 1.82) is 0 Å². The summed E-state index contributed by atoms with van der Waals surface area (Å²) in [6.07, 6.45) is 5.45. The molecule has 0 spiro atoms. The van der Waals surface area contributed by atoms with Crippen LogP contribution in [-0.4, -0.2) is 5.97 Å². The third-order valence-corrected chi connectivity index (χ3v) is 4.74. The second-order valence-corrected chi connectivity index (χ2v) is 7.03. The maximum Gasteiger partial charge on any atom is 0.347 e. The molecule has 24 heavy (non-hydrogen) atoms. The minimum Gasteiger partial charge on any atom is -0.489 e. The van der Waals surface area contributed by atoms with Gasteiger partial charge in [-0.2, -0.15) is 0 Å². The Morgan fingerprint density at radius 2 is 1.92 bits per heavy atom. The number of fused-ring (bicyclic) bond motifs is 1. The lowest BCUT2D eigenvalue weighted by atomic mass is 9.76. The molecule has 0 bridgehead atoms. The lowest BCUT2D eigenvalue weighted by Crippen LogP contribution is -2.19. The van der Waals surface area contributed by atoms with Gasteiger partial charge in [0.25, 0.3) is 0 Å². The number of rotatable bonds is 4. The number of benzene rings is 2. The summed E-state index contributed by atoms with van der Waals surface area (Å²) in [6.45, 7) is 4.99. The van der Waals surface area contributed by atoms with Gasteiger partial charge in [0.15, 0.2) is 23.0 Å². The van der Waals surface area contributed by atoms with Crippen molar-refractivity contribution in [3.05, 3.63) is 70.8 Å². The van der Waals surface area contributed by atoms with Crippen molar-refractivity contribution < 1.29 is 12.6 Å². The second-order valence-electron chi connectivity index (χ2n) is 6.59. The van der Waals surface area contributed by atoms with Crippen LogP contribution in [0.2, 0.25) is 0 Å². The first kappa shape index (κ1) is 17.0. The van der Waals surface area contributed by atoms with Crippen LogP contribution in [-0.2, 0) is 15.1 Å². The third-order valence-electron chi connectivity index (χ3n) is 4.34. The number of carbonyl (C=O) groups is 1. The van der Waals surface area contributed by atoms with Crippen LogP contribution >= 0.6 is 23.0 Å². The van der Waals surface area contributed by atoms with Crippen LogP contribution in [0, 0.1) is 0 Å². The first-order valence-electron chi connectivity index (χ1n) is 7.85. The van der Waals surface area contributed by atoms with E-state index in [9.17, 15) is 4.79 Å². The Morgan fingerprint density at radius 1 is 1.17 bits per heavy atom. The fraction of sp³-hybridized carbons (Fsp3) is 0.250. The first-order valence-corrected chi connectivity index (χ1v) is 8.73. The van der Waals surface area contributed by atoms with Gasteiger partial charge in [-0.25, -0.2) is 4.79 Å². The third kappa shape index (κ3) is 3.64. The number of carbonyl (C=O) groups excluding carboxylic acids is 1. The average molecular weight is 434 g/mol. The molecule has 0 atom stereocenters. The Bertz CT molecular complexity index is 776. The zero-order valence-corrected chi connectivity index (χ0v) is 15.9. The predicted molar refractivity (Wildman–Crippen MR) is 103 cm³/mol. The fourth-order valence-corrected chi connectivity index (χ4v) is 3.18. The summed E-state index contributed by atoms with van der Waals surface area (Å²) < 4.78 is 10.6. The van der Waals surface area contributed by atoms with Crippen molar-refractivity contribution in [3.8, 4) is 5.75 Å². The van der Waals surface area contributed by atoms with E-state index in [-0.39, 0.29) is 11.4 Å². The van der Waals surface area contributed by atoms with Crippen LogP contribution in [0.1, 0.15) is 47.3 Å². The van der Waals surface area contributed by atoms with E-state index in [4.69, 9.17) is 4.74 Å². The maximum absolute atomic E-state index is 11.4. The molecule has 0 amide bonds. The van der Waals surface area contributed by atoms with Crippen molar-refractivity contribution in [2.24, 2.45) is 0 Å². The van der Waals surface area contributed by atoms with Crippen LogP contribution in [0.3, 0.4) is 0 Å². The van der Waals surface area contributed by atoms with E-state index in [0.717, 1.165) is 17.7 Å². The second kappa shape index (κ2) is 6.97. The van der Waals surface area contributed by atoms with Gasteiger partial charge >= 0.3 is 5.97 Å². The molecule has 1 aliphatic carbocycles. The Labute approximate surface area is 156 Å². The topological polar surface area (TPSA) is 35.5 Å². The molecule has 0 N–H and O–H groups in total. The summed E-state index contributed by atoms with van der Waals surface area (Å²) in [5.41, 5.74) is 4.30. The van der Waals surface area contributed by atoms with Gasteiger partial charge in [-0.05, 0) is 52.8 Å². The summed E-state index contributed by atoms with van der Waals surface area (Å²) in [6, 6.07) is 13.5. The summed E-state index contributed by atoms with van der Waals surface area (Å²) in [5, 5.41) is 0. The molecule has 0 saturated heterocycles. The normalized spacial score (nSPS) is 14.8. The smallest absolute Gasteiger partial charge is 0.347 e. The fourth-order valence-electron chi connectivity index (χ4n) is 2.92. The van der Waals surface area contributed by atoms with Gasteiger partial charge in [-0.15, -0.1) is 0 Å². The summed E-state index contributed by atoms with van der Waals surface area (Å²) in [7, 11) is 0. The maximum atomic E-state index is 11.4. The highest BCUT2D eigenvalue weighted by Gasteiger charge is 2.24. The van der Waals surface area contributed by atoms with Crippen LogP contribution in [0.5, 0.6) is 5.75 Å². The van der Waals surface area contributed by atoms with E-state index in [0.29, 0.717) is 12.2 Å². The van der Waals surface area contributed by atoms with Gasteiger partial charge in [0, 0.05) is 0 Å². The van der Waals surface area contributed by atoms with Gasteiger partial charge in [-0.3, -0.25) is 0 Å². The molecule has 0 aliphatic heterocycles. The van der Waals surface area contributed by atoms with Crippen molar-refractivity contribution in [3.63, 3.8) is 0 Å². The van der Waals surface area contributed by atoms with Crippen LogP contribution in [0.15, 0.2) is 48.5 Å². The van der Waals surface area contributed by atoms with Crippen LogP contribution in [0.25, 0.3) is 6.08 Å². The van der Waals surface area contributed by atoms with E-state index < -0.39 is 0 Å². The average Bonchev–Trinajstić information content (AvgIpc) is 2.59. The van der Waals surface area contributed by atoms with E-state index in [1.165, 1.54) is 11.1 Å². The number of allylic oxidation sites excluding steroid dienone is 1. The largest absolute Gasteiger partial charge is 0.489 e. The van der Waals surface area contributed by atoms with Gasteiger partial charge in [0.2, 0.25) is 0 Å². The molecule has 0 fully saturated rings. The molecule has 2 aromatic rings. The SMILES string of the molecule is CC1(C)CC=Cc2cc(OCc3ccc(C(=O)OI)cc3)ccc21. The van der Waals surface area contributed by atoms with E-state index in [2.05, 4.69) is 41.2 Å². The molecule has 124 valence electrons. The van der Waals surface area contributed by atoms with Gasteiger partial charge < -0.3 is 7.80 Å². The van der Waals surface area contributed by atoms with Crippen LogP contribution in [0.4, 0.5) is 0 Å². The van der Waals surface area contributed by atoms with Crippen molar-refractivity contribution in [1.82, 2.24) is 0 Å². The quantitative estimate of drug-likeness (QED) is 0.599. The van der Waals surface area contributed by atoms with Crippen molar-refractivity contribution in [2.75, 3.05) is 0 Å². The number of hydrogen-bond donors (Lipinski definition) is 0. The molecule has 3 rings (SSSR count). The molecule has 0 saturated carbocycles. The number of ether oxygens (including phenoxy) is 1. The molecule has 1 aliphatic rings. The standard InChI is InChI=1S/C20H19IO3/c1-20(2)11-3-4-16-12-17(9-10-18(16)20)23-13-14-5-7-15(8-6-14)19(22)24-21/h3-10,12H,11,13H2,1-2H3. The first-order chi connectivity index (χ1) is 11.5. The van der Waals surface area contributed by atoms with E-state index in [1.807, 2.05) is 18.2 Å². The zero-order chi connectivity index (χ0) is 17.2. The summed E-state index contributed by atoms with van der Waals surface area (Å²) >= 11 is 1.59. The minimum absolute atomic E-state index is 0.172. The Morgan fingerprint density at radius 3 is 2.62 bits per heavy atom. The van der Waals surface area contributed by atoms with Crippen LogP contribution < -0.4 is 4.74 Å².